The number of aromatic nitrogens is 2. The number of nitrogens with zero attached hydrogens (tertiary/aromatic N) is 1. The van der Waals surface area contributed by atoms with E-state index in [9.17, 15) is 22.8 Å². The molecule has 1 aromatic rings. The van der Waals surface area contributed by atoms with Crippen molar-refractivity contribution in [2.24, 2.45) is 11.8 Å². The molecular formula is C16H26N4O5S. The van der Waals surface area contributed by atoms with Gasteiger partial charge in [-0.25, -0.2) is 13.2 Å². The molecule has 3 N–H and O–H groups in total. The standard InChI is InChI=1S/C16H26N4O5S/c1-10(2)4-7-17-14(21)12-5-8-20(9-6-12)26(24,25)13-11(3)18-16(23)19-15(13)22/h10,12H,4-9H2,1-3H3,(H,17,21)(H2,18,19,22,23). The summed E-state index contributed by atoms with van der Waals surface area (Å²) in [6, 6.07) is 0. The second-order valence-electron chi connectivity index (χ2n) is 7.01. The zero-order valence-electron chi connectivity index (χ0n) is 15.3. The van der Waals surface area contributed by atoms with E-state index in [1.165, 1.54) is 11.2 Å². The third-order valence-corrected chi connectivity index (χ3v) is 6.57. The summed E-state index contributed by atoms with van der Waals surface area (Å²) in [4.78, 5) is 39.2. The Kier molecular flexibility index (Phi) is 6.40. The second-order valence-corrected chi connectivity index (χ2v) is 8.89. The molecule has 0 aromatic carbocycles. The molecule has 26 heavy (non-hydrogen) atoms. The number of piperidine rings is 1. The Balaban J connectivity index is 2.04. The molecule has 1 aliphatic rings. The first kappa shape index (κ1) is 20.4. The summed E-state index contributed by atoms with van der Waals surface area (Å²) in [5, 5.41) is 2.89. The molecule has 2 rings (SSSR count). The van der Waals surface area contributed by atoms with Crippen LogP contribution in [0.15, 0.2) is 14.5 Å². The van der Waals surface area contributed by atoms with Gasteiger partial charge >= 0.3 is 5.69 Å². The van der Waals surface area contributed by atoms with Crippen molar-refractivity contribution in [3.8, 4) is 0 Å². The molecule has 146 valence electrons. The third kappa shape index (κ3) is 4.61. The normalized spacial score (nSPS) is 16.8. The first-order chi connectivity index (χ1) is 12.1. The smallest absolute Gasteiger partial charge is 0.325 e. The van der Waals surface area contributed by atoms with Gasteiger partial charge < -0.3 is 10.3 Å². The van der Waals surface area contributed by atoms with Crippen LogP contribution < -0.4 is 16.6 Å². The average molecular weight is 386 g/mol. The van der Waals surface area contributed by atoms with Gasteiger partial charge in [0.25, 0.3) is 5.56 Å². The Morgan fingerprint density at radius 2 is 1.85 bits per heavy atom. The van der Waals surface area contributed by atoms with Crippen LogP contribution in [0.4, 0.5) is 0 Å². The first-order valence-corrected chi connectivity index (χ1v) is 10.2. The molecule has 1 saturated heterocycles. The van der Waals surface area contributed by atoms with Gasteiger partial charge in [0.15, 0.2) is 4.90 Å². The van der Waals surface area contributed by atoms with Crippen LogP contribution >= 0.6 is 0 Å². The lowest BCUT2D eigenvalue weighted by Gasteiger charge is -2.30. The van der Waals surface area contributed by atoms with Crippen LogP contribution in [0.5, 0.6) is 0 Å². The number of aryl methyl sites for hydroxylation is 1. The number of rotatable bonds is 6. The van der Waals surface area contributed by atoms with Crippen molar-refractivity contribution in [2.75, 3.05) is 19.6 Å². The SMILES string of the molecule is Cc1[nH]c(=O)[nH]c(=O)c1S(=O)(=O)N1CCC(C(=O)NCCC(C)C)CC1. The largest absolute Gasteiger partial charge is 0.356 e. The number of hydrogen-bond donors (Lipinski definition) is 3. The summed E-state index contributed by atoms with van der Waals surface area (Å²) in [5.74, 6) is 0.213. The average Bonchev–Trinajstić information content (AvgIpc) is 2.53. The maximum Gasteiger partial charge on any atom is 0.325 e. The minimum atomic E-state index is -4.03. The van der Waals surface area contributed by atoms with E-state index in [2.05, 4.69) is 24.1 Å². The minimum Gasteiger partial charge on any atom is -0.356 e. The third-order valence-electron chi connectivity index (χ3n) is 4.52. The lowest BCUT2D eigenvalue weighted by Crippen LogP contribution is -2.45. The fourth-order valence-electron chi connectivity index (χ4n) is 3.01. The van der Waals surface area contributed by atoms with Crippen LogP contribution in [0, 0.1) is 18.8 Å². The van der Waals surface area contributed by atoms with Crippen molar-refractivity contribution in [1.29, 1.82) is 0 Å². The molecule has 1 aliphatic heterocycles. The number of H-pyrrole nitrogens is 2. The van der Waals surface area contributed by atoms with Gasteiger partial charge in [-0.3, -0.25) is 14.6 Å². The van der Waals surface area contributed by atoms with E-state index in [0.717, 1.165) is 6.42 Å². The molecule has 1 amide bonds. The van der Waals surface area contributed by atoms with Gasteiger partial charge in [-0.15, -0.1) is 0 Å². The number of amides is 1. The van der Waals surface area contributed by atoms with E-state index >= 15 is 0 Å². The molecular weight excluding hydrogens is 360 g/mol. The summed E-state index contributed by atoms with van der Waals surface area (Å²) in [5.41, 5.74) is -1.67. The van der Waals surface area contributed by atoms with Gasteiger partial charge in [-0.2, -0.15) is 4.31 Å². The molecule has 10 heteroatoms. The van der Waals surface area contributed by atoms with E-state index in [0.29, 0.717) is 25.3 Å². The van der Waals surface area contributed by atoms with Crippen molar-refractivity contribution in [3.05, 3.63) is 26.5 Å². The van der Waals surface area contributed by atoms with Gasteiger partial charge in [0.2, 0.25) is 15.9 Å². The Morgan fingerprint density at radius 1 is 1.23 bits per heavy atom. The highest BCUT2D eigenvalue weighted by Crippen LogP contribution is 2.23. The zero-order chi connectivity index (χ0) is 19.5. The second kappa shape index (κ2) is 8.17. The molecule has 1 aromatic heterocycles. The molecule has 0 atom stereocenters. The Hall–Kier alpha value is -1.94. The quantitative estimate of drug-likeness (QED) is 0.630. The van der Waals surface area contributed by atoms with Crippen LogP contribution in [-0.4, -0.2) is 48.2 Å². The summed E-state index contributed by atoms with van der Waals surface area (Å²) < 4.78 is 26.7. The molecule has 1 fully saturated rings. The van der Waals surface area contributed by atoms with Crippen molar-refractivity contribution in [1.82, 2.24) is 19.6 Å². The molecule has 0 bridgehead atoms. The van der Waals surface area contributed by atoms with Crippen LogP contribution in [0.1, 0.15) is 38.8 Å². The van der Waals surface area contributed by atoms with E-state index in [1.54, 1.807) is 0 Å². The number of sulfonamides is 1. The highest BCUT2D eigenvalue weighted by atomic mass is 32.2. The summed E-state index contributed by atoms with van der Waals surface area (Å²) in [6.07, 6.45) is 1.69. The van der Waals surface area contributed by atoms with E-state index in [1.807, 2.05) is 4.98 Å². The predicted molar refractivity (Wildman–Crippen MR) is 96.4 cm³/mol. The molecule has 0 unspecified atom stereocenters. The maximum absolute atomic E-state index is 12.7. The van der Waals surface area contributed by atoms with Gasteiger partial charge in [0, 0.05) is 31.2 Å². The zero-order valence-corrected chi connectivity index (χ0v) is 16.1. The molecule has 2 heterocycles. The fourth-order valence-corrected chi connectivity index (χ4v) is 4.69. The van der Waals surface area contributed by atoms with Crippen LogP contribution in [0.25, 0.3) is 0 Å². The minimum absolute atomic E-state index is 0.00676. The van der Waals surface area contributed by atoms with E-state index in [-0.39, 0.29) is 30.6 Å². The summed E-state index contributed by atoms with van der Waals surface area (Å²) in [6.45, 7) is 6.45. The number of aromatic amines is 2. The van der Waals surface area contributed by atoms with E-state index in [4.69, 9.17) is 0 Å². The van der Waals surface area contributed by atoms with Gasteiger partial charge in [0.05, 0.1) is 0 Å². The predicted octanol–water partition coefficient (Wildman–Crippen LogP) is -0.0654. The number of hydrogen-bond acceptors (Lipinski definition) is 5. The molecule has 9 nitrogen and oxygen atoms in total. The summed E-state index contributed by atoms with van der Waals surface area (Å²) in [7, 11) is -4.03. The number of carbonyl (C=O) groups excluding carboxylic acids is 1. The highest BCUT2D eigenvalue weighted by Gasteiger charge is 2.34. The fraction of sp³-hybridized carbons (Fsp3) is 0.688. The van der Waals surface area contributed by atoms with Crippen molar-refractivity contribution < 1.29 is 13.2 Å². The van der Waals surface area contributed by atoms with Crippen LogP contribution in [0.3, 0.4) is 0 Å². The Bertz CT molecular complexity index is 863. The molecule has 0 radical (unpaired) electrons. The van der Waals surface area contributed by atoms with Crippen molar-refractivity contribution in [3.63, 3.8) is 0 Å². The Labute approximate surface area is 152 Å². The molecule has 0 saturated carbocycles. The van der Waals surface area contributed by atoms with Crippen molar-refractivity contribution in [2.45, 2.75) is 44.9 Å². The monoisotopic (exact) mass is 386 g/mol. The Morgan fingerprint density at radius 3 is 2.38 bits per heavy atom. The molecule has 0 aliphatic carbocycles. The van der Waals surface area contributed by atoms with Crippen LogP contribution in [0.2, 0.25) is 0 Å². The maximum atomic E-state index is 12.7. The first-order valence-electron chi connectivity index (χ1n) is 8.74. The van der Waals surface area contributed by atoms with Gasteiger partial charge in [-0.1, -0.05) is 13.8 Å². The van der Waals surface area contributed by atoms with Crippen LogP contribution in [-0.2, 0) is 14.8 Å². The highest BCUT2D eigenvalue weighted by molar-refractivity contribution is 7.89. The van der Waals surface area contributed by atoms with Crippen molar-refractivity contribution >= 4 is 15.9 Å². The van der Waals surface area contributed by atoms with Gasteiger partial charge in [0.1, 0.15) is 0 Å². The lowest BCUT2D eigenvalue weighted by molar-refractivity contribution is -0.126. The lowest BCUT2D eigenvalue weighted by atomic mass is 9.97. The number of nitrogens with one attached hydrogen (secondary N) is 3. The molecule has 0 spiro atoms. The number of carbonyl (C=O) groups is 1. The summed E-state index contributed by atoms with van der Waals surface area (Å²) >= 11 is 0. The topological polar surface area (TPSA) is 132 Å². The van der Waals surface area contributed by atoms with E-state index < -0.39 is 26.2 Å². The van der Waals surface area contributed by atoms with Gasteiger partial charge in [-0.05, 0) is 32.1 Å².